The van der Waals surface area contributed by atoms with E-state index < -0.39 is 18.2 Å². The van der Waals surface area contributed by atoms with Gasteiger partial charge >= 0.3 is 0 Å². The van der Waals surface area contributed by atoms with Gasteiger partial charge in [-0.1, -0.05) is 20.8 Å². The van der Waals surface area contributed by atoms with E-state index in [-0.39, 0.29) is 42.8 Å². The van der Waals surface area contributed by atoms with E-state index in [9.17, 15) is 14.4 Å². The van der Waals surface area contributed by atoms with Crippen LogP contribution < -0.4 is 10.2 Å². The first-order valence-corrected chi connectivity index (χ1v) is 13.2. The van der Waals surface area contributed by atoms with Crippen molar-refractivity contribution in [3.05, 3.63) is 29.8 Å². The second-order valence-electron chi connectivity index (χ2n) is 10.5. The second kappa shape index (κ2) is 11.7. The summed E-state index contributed by atoms with van der Waals surface area (Å²) in [5, 5.41) is 2.94. The van der Waals surface area contributed by atoms with E-state index in [0.29, 0.717) is 12.0 Å². The van der Waals surface area contributed by atoms with Crippen LogP contribution in [-0.4, -0.2) is 105 Å². The Morgan fingerprint density at radius 1 is 1.14 bits per heavy atom. The number of amides is 2. The number of nitrogens with zero attached hydrogens (tertiary/aromatic N) is 3. The molecule has 1 unspecified atom stereocenters. The minimum atomic E-state index is -0.728. The number of hydrogen-bond donors (Lipinski definition) is 1. The van der Waals surface area contributed by atoms with Gasteiger partial charge in [-0.05, 0) is 49.6 Å². The molecule has 1 aromatic carbocycles. The number of ketones is 1. The zero-order chi connectivity index (χ0) is 25.8. The molecular formula is C27H40N4O5. The van der Waals surface area contributed by atoms with Crippen LogP contribution in [-0.2, 0) is 19.1 Å². The molecule has 9 heteroatoms. The first-order valence-electron chi connectivity index (χ1n) is 13.2. The average molecular weight is 501 g/mol. The molecular weight excluding hydrogens is 460 g/mol. The summed E-state index contributed by atoms with van der Waals surface area (Å²) in [5.74, 6) is -0.484. The zero-order valence-corrected chi connectivity index (χ0v) is 21.9. The van der Waals surface area contributed by atoms with Crippen LogP contribution in [0.3, 0.4) is 0 Å². The number of benzene rings is 1. The summed E-state index contributed by atoms with van der Waals surface area (Å²) >= 11 is 0. The maximum atomic E-state index is 13.6. The van der Waals surface area contributed by atoms with Crippen LogP contribution >= 0.6 is 0 Å². The largest absolute Gasteiger partial charge is 0.377 e. The van der Waals surface area contributed by atoms with Crippen LogP contribution in [0.4, 0.5) is 5.69 Å². The fourth-order valence-electron chi connectivity index (χ4n) is 5.55. The molecule has 1 aromatic rings. The number of Topliss-reactive ketones (excluding diaryl/α,β-unsaturated/α-hetero) is 1. The monoisotopic (exact) mass is 500 g/mol. The van der Waals surface area contributed by atoms with E-state index >= 15 is 0 Å². The Morgan fingerprint density at radius 2 is 1.83 bits per heavy atom. The van der Waals surface area contributed by atoms with Gasteiger partial charge in [0.05, 0.1) is 6.54 Å². The molecule has 4 rings (SSSR count). The van der Waals surface area contributed by atoms with Crippen molar-refractivity contribution in [2.24, 2.45) is 5.92 Å². The van der Waals surface area contributed by atoms with Gasteiger partial charge in [0.2, 0.25) is 5.91 Å². The highest BCUT2D eigenvalue weighted by Crippen LogP contribution is 2.30. The Kier molecular flexibility index (Phi) is 8.64. The first-order chi connectivity index (χ1) is 17.3. The van der Waals surface area contributed by atoms with Crippen molar-refractivity contribution in [3.63, 3.8) is 0 Å². The van der Waals surface area contributed by atoms with E-state index in [2.05, 4.69) is 22.0 Å². The summed E-state index contributed by atoms with van der Waals surface area (Å²) in [6, 6.07) is 6.22. The molecule has 0 aliphatic carbocycles. The Morgan fingerprint density at radius 3 is 2.44 bits per heavy atom. The number of anilines is 1. The van der Waals surface area contributed by atoms with Gasteiger partial charge in [0.1, 0.15) is 30.9 Å². The molecule has 4 atom stereocenters. The number of carbonyl (C=O) groups excluding carboxylic acids is 3. The number of rotatable bonds is 9. The third-order valence-electron chi connectivity index (χ3n) is 7.44. The normalized spacial score (nSPS) is 25.4. The molecule has 0 saturated carbocycles. The molecule has 198 valence electrons. The van der Waals surface area contributed by atoms with Gasteiger partial charge in [0, 0.05) is 44.5 Å². The minimum Gasteiger partial charge on any atom is -0.377 e. The molecule has 0 aromatic heterocycles. The van der Waals surface area contributed by atoms with E-state index in [0.717, 1.165) is 38.4 Å². The van der Waals surface area contributed by atoms with E-state index in [1.807, 2.05) is 38.1 Å². The number of carbonyl (C=O) groups is 3. The predicted octanol–water partition coefficient (Wildman–Crippen LogP) is 1.56. The van der Waals surface area contributed by atoms with Crippen molar-refractivity contribution in [3.8, 4) is 0 Å². The molecule has 0 radical (unpaired) electrons. The van der Waals surface area contributed by atoms with Gasteiger partial charge in [-0.2, -0.15) is 0 Å². The third-order valence-corrected chi connectivity index (χ3v) is 7.44. The van der Waals surface area contributed by atoms with Gasteiger partial charge in [0.25, 0.3) is 5.91 Å². The molecule has 3 aliphatic rings. The summed E-state index contributed by atoms with van der Waals surface area (Å²) < 4.78 is 11.1. The SMILES string of the molecule is CCCN1CCN(c2ccc(C(=O)NC(CC(C)C)C(=O)N3C[C@H](OC)[C@H]4OCC(=O)[C@H]43)cc2)CC1. The summed E-state index contributed by atoms with van der Waals surface area (Å²) in [7, 11) is 1.56. The number of hydrogen-bond acceptors (Lipinski definition) is 7. The van der Waals surface area contributed by atoms with Gasteiger partial charge in [-0.25, -0.2) is 0 Å². The van der Waals surface area contributed by atoms with Gasteiger partial charge < -0.3 is 24.6 Å². The van der Waals surface area contributed by atoms with Crippen molar-refractivity contribution in [1.82, 2.24) is 15.1 Å². The molecule has 3 fully saturated rings. The van der Waals surface area contributed by atoms with Crippen LogP contribution in [0.2, 0.25) is 0 Å². The molecule has 0 spiro atoms. The molecule has 3 heterocycles. The summed E-state index contributed by atoms with van der Waals surface area (Å²) in [6.45, 7) is 11.7. The highest BCUT2D eigenvalue weighted by molar-refractivity contribution is 5.99. The highest BCUT2D eigenvalue weighted by Gasteiger charge is 2.53. The fraction of sp³-hybridized carbons (Fsp3) is 0.667. The van der Waals surface area contributed by atoms with Crippen LogP contribution in [0.5, 0.6) is 0 Å². The number of nitrogens with one attached hydrogen (secondary N) is 1. The maximum absolute atomic E-state index is 13.6. The Labute approximate surface area is 214 Å². The maximum Gasteiger partial charge on any atom is 0.251 e. The number of methoxy groups -OCH3 is 1. The van der Waals surface area contributed by atoms with Crippen molar-refractivity contribution in [2.45, 2.75) is 57.9 Å². The van der Waals surface area contributed by atoms with Crippen LogP contribution in [0.25, 0.3) is 0 Å². The molecule has 3 aliphatic heterocycles. The summed E-state index contributed by atoms with van der Waals surface area (Å²) in [6.07, 6.45) is 0.848. The lowest BCUT2D eigenvalue weighted by molar-refractivity contribution is -0.138. The van der Waals surface area contributed by atoms with Crippen molar-refractivity contribution < 1.29 is 23.9 Å². The lowest BCUT2D eigenvalue weighted by Crippen LogP contribution is -2.52. The minimum absolute atomic E-state index is 0.0137. The lowest BCUT2D eigenvalue weighted by atomic mass is 10.0. The molecule has 9 nitrogen and oxygen atoms in total. The van der Waals surface area contributed by atoms with Crippen LogP contribution in [0.1, 0.15) is 44.0 Å². The van der Waals surface area contributed by atoms with Crippen LogP contribution in [0, 0.1) is 5.92 Å². The smallest absolute Gasteiger partial charge is 0.251 e. The second-order valence-corrected chi connectivity index (χ2v) is 10.5. The fourth-order valence-corrected chi connectivity index (χ4v) is 5.55. The first kappa shape index (κ1) is 26.6. The number of fused-ring (bicyclic) bond motifs is 1. The molecule has 1 N–H and O–H groups in total. The quantitative estimate of drug-likeness (QED) is 0.550. The lowest BCUT2D eigenvalue weighted by Gasteiger charge is -2.36. The zero-order valence-electron chi connectivity index (χ0n) is 21.9. The van der Waals surface area contributed by atoms with Crippen molar-refractivity contribution in [2.75, 3.05) is 57.9 Å². The van der Waals surface area contributed by atoms with Gasteiger partial charge in [-0.3, -0.25) is 19.3 Å². The van der Waals surface area contributed by atoms with E-state index in [1.165, 1.54) is 6.42 Å². The third kappa shape index (κ3) is 5.74. The van der Waals surface area contributed by atoms with Gasteiger partial charge in [0.15, 0.2) is 5.78 Å². The molecule has 3 saturated heterocycles. The Balaban J connectivity index is 1.41. The number of ether oxygens (including phenoxy) is 2. The number of likely N-dealkylation sites (tertiary alicyclic amines) is 1. The average Bonchev–Trinajstić information content (AvgIpc) is 3.44. The number of piperazine rings is 1. The standard InChI is InChI=1S/C27H40N4O5/c1-5-10-29-11-13-30(14-12-29)20-8-6-19(7-9-20)26(33)28-21(15-18(2)3)27(34)31-16-23(35-4)25-24(31)22(32)17-36-25/h6-9,18,21,23-25H,5,10-17H2,1-4H3,(H,28,33)/t21?,23-,24+,25+/m0/s1. The topological polar surface area (TPSA) is 91.4 Å². The Bertz CT molecular complexity index is 929. The van der Waals surface area contributed by atoms with Crippen molar-refractivity contribution >= 4 is 23.3 Å². The predicted molar refractivity (Wildman–Crippen MR) is 137 cm³/mol. The Hall–Kier alpha value is -2.49. The highest BCUT2D eigenvalue weighted by atomic mass is 16.5. The van der Waals surface area contributed by atoms with E-state index in [1.54, 1.807) is 12.0 Å². The molecule has 36 heavy (non-hydrogen) atoms. The molecule has 2 amide bonds. The van der Waals surface area contributed by atoms with Crippen LogP contribution in [0.15, 0.2) is 24.3 Å². The van der Waals surface area contributed by atoms with Crippen molar-refractivity contribution in [1.29, 1.82) is 0 Å². The summed E-state index contributed by atoms with van der Waals surface area (Å²) in [4.78, 5) is 45.6. The summed E-state index contributed by atoms with van der Waals surface area (Å²) in [5.41, 5.74) is 1.62. The van der Waals surface area contributed by atoms with E-state index in [4.69, 9.17) is 9.47 Å². The molecule has 0 bridgehead atoms. The van der Waals surface area contributed by atoms with Gasteiger partial charge in [-0.15, -0.1) is 0 Å².